The molecule has 1 aliphatic rings. The predicted molar refractivity (Wildman–Crippen MR) is 85.2 cm³/mol. The molecule has 0 spiro atoms. The number of hydrogen-bond acceptors (Lipinski definition) is 5. The first kappa shape index (κ1) is 12.8. The lowest BCUT2D eigenvalue weighted by Crippen LogP contribution is -1.97. The van der Waals surface area contributed by atoms with Crippen LogP contribution in [0.3, 0.4) is 0 Å². The summed E-state index contributed by atoms with van der Waals surface area (Å²) in [5.41, 5.74) is 2.23. The standard InChI is InChI=1S/C15H17N5S/c1-9-16-11-6-7-21-14(11)15(17-9)18-13-8-12(19-20-13)10-4-2-3-5-10/h6-8,10H,2-5H2,1H3,(H2,16,17,18,19,20). The van der Waals surface area contributed by atoms with Crippen molar-refractivity contribution in [3.8, 4) is 0 Å². The third-order valence-electron chi connectivity index (χ3n) is 4.05. The van der Waals surface area contributed by atoms with E-state index in [0.29, 0.717) is 5.92 Å². The van der Waals surface area contributed by atoms with E-state index in [1.165, 1.54) is 31.4 Å². The lowest BCUT2D eigenvalue weighted by Gasteiger charge is -2.05. The number of aromatic nitrogens is 4. The SMILES string of the molecule is Cc1nc(Nc2cc(C3CCCC3)[nH]n2)c2sccc2n1. The zero-order valence-corrected chi connectivity index (χ0v) is 12.7. The molecule has 0 aromatic carbocycles. The number of nitrogens with zero attached hydrogens (tertiary/aromatic N) is 3. The molecule has 3 aromatic heterocycles. The summed E-state index contributed by atoms with van der Waals surface area (Å²) in [6, 6.07) is 4.14. The average Bonchev–Trinajstić information content (AvgIpc) is 3.19. The molecule has 0 aliphatic heterocycles. The smallest absolute Gasteiger partial charge is 0.153 e. The maximum Gasteiger partial charge on any atom is 0.153 e. The zero-order valence-electron chi connectivity index (χ0n) is 11.9. The second-order valence-corrected chi connectivity index (χ2v) is 6.49. The van der Waals surface area contributed by atoms with Crippen molar-refractivity contribution in [1.29, 1.82) is 0 Å². The number of rotatable bonds is 3. The minimum Gasteiger partial charge on any atom is -0.322 e. The van der Waals surface area contributed by atoms with Crippen LogP contribution in [0.1, 0.15) is 43.1 Å². The highest BCUT2D eigenvalue weighted by Crippen LogP contribution is 2.34. The first-order chi connectivity index (χ1) is 10.3. The van der Waals surface area contributed by atoms with E-state index in [4.69, 9.17) is 0 Å². The highest BCUT2D eigenvalue weighted by Gasteiger charge is 2.19. The van der Waals surface area contributed by atoms with E-state index < -0.39 is 0 Å². The van der Waals surface area contributed by atoms with Crippen LogP contribution in [0.5, 0.6) is 0 Å². The van der Waals surface area contributed by atoms with Gasteiger partial charge in [-0.3, -0.25) is 5.10 Å². The van der Waals surface area contributed by atoms with Crippen molar-refractivity contribution in [1.82, 2.24) is 20.2 Å². The monoisotopic (exact) mass is 299 g/mol. The first-order valence-corrected chi connectivity index (χ1v) is 8.22. The van der Waals surface area contributed by atoms with Crippen molar-refractivity contribution in [2.24, 2.45) is 0 Å². The van der Waals surface area contributed by atoms with Gasteiger partial charge in [0, 0.05) is 17.7 Å². The largest absolute Gasteiger partial charge is 0.322 e. The van der Waals surface area contributed by atoms with Crippen LogP contribution in [-0.4, -0.2) is 20.2 Å². The van der Waals surface area contributed by atoms with Crippen LogP contribution < -0.4 is 5.32 Å². The molecule has 1 aliphatic carbocycles. The van der Waals surface area contributed by atoms with Gasteiger partial charge in [-0.15, -0.1) is 11.3 Å². The Labute approximate surface area is 126 Å². The van der Waals surface area contributed by atoms with Crippen LogP contribution in [0.15, 0.2) is 17.5 Å². The van der Waals surface area contributed by atoms with Gasteiger partial charge in [0.25, 0.3) is 0 Å². The van der Waals surface area contributed by atoms with Gasteiger partial charge in [-0.05, 0) is 31.2 Å². The van der Waals surface area contributed by atoms with Crippen molar-refractivity contribution in [3.05, 3.63) is 29.0 Å². The van der Waals surface area contributed by atoms with Gasteiger partial charge < -0.3 is 5.32 Å². The van der Waals surface area contributed by atoms with E-state index in [1.54, 1.807) is 11.3 Å². The number of H-pyrrole nitrogens is 1. The second kappa shape index (κ2) is 5.11. The van der Waals surface area contributed by atoms with Crippen LogP contribution >= 0.6 is 11.3 Å². The Balaban J connectivity index is 1.63. The van der Waals surface area contributed by atoms with E-state index in [1.807, 2.05) is 18.4 Å². The van der Waals surface area contributed by atoms with Crippen molar-refractivity contribution in [2.75, 3.05) is 5.32 Å². The molecular weight excluding hydrogens is 282 g/mol. The summed E-state index contributed by atoms with van der Waals surface area (Å²) in [7, 11) is 0. The van der Waals surface area contributed by atoms with E-state index in [-0.39, 0.29) is 0 Å². The van der Waals surface area contributed by atoms with E-state index >= 15 is 0 Å². The van der Waals surface area contributed by atoms with Gasteiger partial charge in [-0.1, -0.05) is 12.8 Å². The Morgan fingerprint density at radius 2 is 2.14 bits per heavy atom. The molecule has 0 radical (unpaired) electrons. The Kier molecular flexibility index (Phi) is 3.11. The minimum atomic E-state index is 0.641. The van der Waals surface area contributed by atoms with Crippen LogP contribution in [0.4, 0.5) is 11.6 Å². The molecule has 3 heterocycles. The summed E-state index contributed by atoms with van der Waals surface area (Å²) < 4.78 is 1.08. The molecule has 0 saturated heterocycles. The summed E-state index contributed by atoms with van der Waals surface area (Å²) in [4.78, 5) is 8.95. The fraction of sp³-hybridized carbons (Fsp3) is 0.400. The molecule has 1 fully saturated rings. The average molecular weight is 299 g/mol. The lowest BCUT2D eigenvalue weighted by molar-refractivity contribution is 0.693. The number of nitrogens with one attached hydrogen (secondary N) is 2. The lowest BCUT2D eigenvalue weighted by atomic mass is 10.0. The molecule has 0 unspecified atom stereocenters. The second-order valence-electron chi connectivity index (χ2n) is 5.57. The molecular formula is C15H17N5S. The maximum atomic E-state index is 4.51. The molecule has 1 saturated carbocycles. The van der Waals surface area contributed by atoms with E-state index in [0.717, 1.165) is 27.7 Å². The minimum absolute atomic E-state index is 0.641. The van der Waals surface area contributed by atoms with Gasteiger partial charge >= 0.3 is 0 Å². The zero-order chi connectivity index (χ0) is 14.2. The summed E-state index contributed by atoms with van der Waals surface area (Å²) in [6.07, 6.45) is 5.19. The molecule has 3 aromatic rings. The van der Waals surface area contributed by atoms with Gasteiger partial charge in [-0.25, -0.2) is 9.97 Å². The number of aromatic amines is 1. The van der Waals surface area contributed by atoms with Gasteiger partial charge in [0.2, 0.25) is 0 Å². The molecule has 0 atom stereocenters. The Bertz CT molecular complexity index is 769. The number of anilines is 2. The molecule has 0 bridgehead atoms. The normalized spacial score (nSPS) is 15.9. The molecule has 6 heteroatoms. The van der Waals surface area contributed by atoms with E-state index in [2.05, 4.69) is 31.5 Å². The fourth-order valence-electron chi connectivity index (χ4n) is 3.03. The van der Waals surface area contributed by atoms with Crippen LogP contribution in [-0.2, 0) is 0 Å². The quantitative estimate of drug-likeness (QED) is 0.763. The molecule has 0 amide bonds. The first-order valence-electron chi connectivity index (χ1n) is 7.34. The highest BCUT2D eigenvalue weighted by molar-refractivity contribution is 7.17. The van der Waals surface area contributed by atoms with Gasteiger partial charge in [0.15, 0.2) is 11.6 Å². The molecule has 4 rings (SSSR count). The van der Waals surface area contributed by atoms with Crippen molar-refractivity contribution >= 4 is 33.2 Å². The van der Waals surface area contributed by atoms with Crippen LogP contribution in [0, 0.1) is 6.92 Å². The van der Waals surface area contributed by atoms with Crippen molar-refractivity contribution in [3.63, 3.8) is 0 Å². The number of thiophene rings is 1. The van der Waals surface area contributed by atoms with Gasteiger partial charge in [0.05, 0.1) is 10.2 Å². The molecule has 108 valence electrons. The third-order valence-corrected chi connectivity index (χ3v) is 4.96. The maximum absolute atomic E-state index is 4.51. The predicted octanol–water partition coefficient (Wildman–Crippen LogP) is 4.12. The summed E-state index contributed by atoms with van der Waals surface area (Å²) in [5.74, 6) is 3.10. The number of fused-ring (bicyclic) bond motifs is 1. The van der Waals surface area contributed by atoms with E-state index in [9.17, 15) is 0 Å². The van der Waals surface area contributed by atoms with Crippen LogP contribution in [0.2, 0.25) is 0 Å². The topological polar surface area (TPSA) is 66.5 Å². The summed E-state index contributed by atoms with van der Waals surface area (Å²) in [5, 5.41) is 12.9. The van der Waals surface area contributed by atoms with Crippen molar-refractivity contribution in [2.45, 2.75) is 38.5 Å². The van der Waals surface area contributed by atoms with Crippen molar-refractivity contribution < 1.29 is 0 Å². The molecule has 21 heavy (non-hydrogen) atoms. The van der Waals surface area contributed by atoms with Crippen LogP contribution in [0.25, 0.3) is 10.2 Å². The fourth-order valence-corrected chi connectivity index (χ4v) is 3.81. The highest BCUT2D eigenvalue weighted by atomic mass is 32.1. The Morgan fingerprint density at radius 3 is 3.00 bits per heavy atom. The summed E-state index contributed by atoms with van der Waals surface area (Å²) in [6.45, 7) is 1.91. The molecule has 2 N–H and O–H groups in total. The summed E-state index contributed by atoms with van der Waals surface area (Å²) >= 11 is 1.65. The Morgan fingerprint density at radius 1 is 1.29 bits per heavy atom. The van der Waals surface area contributed by atoms with Gasteiger partial charge in [-0.2, -0.15) is 5.10 Å². The number of hydrogen-bond donors (Lipinski definition) is 2. The van der Waals surface area contributed by atoms with Gasteiger partial charge in [0.1, 0.15) is 5.82 Å². The molecule has 5 nitrogen and oxygen atoms in total. The third kappa shape index (κ3) is 2.40. The Hall–Kier alpha value is -1.95. The number of aryl methyl sites for hydroxylation is 1.